The van der Waals surface area contributed by atoms with Crippen LogP contribution in [-0.4, -0.2) is 28.6 Å². The van der Waals surface area contributed by atoms with Crippen molar-refractivity contribution in [1.29, 1.82) is 0 Å². The van der Waals surface area contributed by atoms with E-state index in [1.807, 2.05) is 19.9 Å². The summed E-state index contributed by atoms with van der Waals surface area (Å²) in [4.78, 5) is 19.9. The summed E-state index contributed by atoms with van der Waals surface area (Å²) in [5.41, 5.74) is 2.24. The van der Waals surface area contributed by atoms with Gasteiger partial charge in [0, 0.05) is 18.1 Å². The molecule has 1 N–H and O–H groups in total. The molecule has 0 spiro atoms. The van der Waals surface area contributed by atoms with Crippen molar-refractivity contribution < 1.29 is 9.53 Å². The van der Waals surface area contributed by atoms with Crippen LogP contribution in [0, 0.1) is 0 Å². The van der Waals surface area contributed by atoms with Crippen molar-refractivity contribution in [1.82, 2.24) is 9.97 Å². The molecule has 0 unspecified atom stereocenters. The minimum Gasteiger partial charge on any atom is -0.369 e. The highest BCUT2D eigenvalue weighted by Gasteiger charge is 2.05. The fourth-order valence-electron chi connectivity index (χ4n) is 1.48. The van der Waals surface area contributed by atoms with Crippen molar-refractivity contribution in [2.75, 3.05) is 11.9 Å². The van der Waals surface area contributed by atoms with Crippen molar-refractivity contribution in [3.05, 3.63) is 30.6 Å². The summed E-state index contributed by atoms with van der Waals surface area (Å²) in [6.45, 7) is 3.83. The van der Waals surface area contributed by atoms with Gasteiger partial charge in [-0.25, -0.2) is 0 Å². The minimum atomic E-state index is -0.174. The third-order valence-corrected chi connectivity index (χ3v) is 2.30. The maximum absolute atomic E-state index is 11.6. The number of carbonyl (C=O) groups is 1. The molecule has 0 saturated carbocycles. The Labute approximate surface area is 105 Å². The zero-order chi connectivity index (χ0) is 13.0. The molecule has 2 aromatic rings. The van der Waals surface area contributed by atoms with Crippen LogP contribution in [0.4, 0.5) is 5.69 Å². The summed E-state index contributed by atoms with van der Waals surface area (Å²) < 4.78 is 5.22. The smallest absolute Gasteiger partial charge is 0.250 e. The molecule has 1 aromatic heterocycles. The SMILES string of the molecule is CC(C)OCC(=O)Nc1ccc2nccnc2c1. The molecule has 1 amide bonds. The van der Waals surface area contributed by atoms with E-state index in [1.165, 1.54) is 0 Å². The van der Waals surface area contributed by atoms with Crippen LogP contribution in [0.25, 0.3) is 11.0 Å². The van der Waals surface area contributed by atoms with Crippen LogP contribution in [0.2, 0.25) is 0 Å². The number of ether oxygens (including phenoxy) is 1. The Bertz CT molecular complexity index is 555. The van der Waals surface area contributed by atoms with E-state index >= 15 is 0 Å². The number of aromatic nitrogens is 2. The first-order valence-electron chi connectivity index (χ1n) is 5.77. The monoisotopic (exact) mass is 245 g/mol. The molecule has 18 heavy (non-hydrogen) atoms. The molecule has 0 radical (unpaired) electrons. The van der Waals surface area contributed by atoms with Gasteiger partial charge < -0.3 is 10.1 Å². The number of amides is 1. The van der Waals surface area contributed by atoms with Gasteiger partial charge in [-0.15, -0.1) is 0 Å². The number of nitrogens with zero attached hydrogens (tertiary/aromatic N) is 2. The number of rotatable bonds is 4. The van der Waals surface area contributed by atoms with Gasteiger partial charge in [-0.1, -0.05) is 0 Å². The lowest BCUT2D eigenvalue weighted by molar-refractivity contribution is -0.121. The van der Waals surface area contributed by atoms with Crippen LogP contribution < -0.4 is 5.32 Å². The Hall–Kier alpha value is -2.01. The van der Waals surface area contributed by atoms with Crippen LogP contribution in [0.5, 0.6) is 0 Å². The summed E-state index contributed by atoms with van der Waals surface area (Å²) >= 11 is 0. The van der Waals surface area contributed by atoms with E-state index in [-0.39, 0.29) is 18.6 Å². The lowest BCUT2D eigenvalue weighted by Crippen LogP contribution is -2.20. The molecule has 0 aliphatic heterocycles. The van der Waals surface area contributed by atoms with Crippen molar-refractivity contribution in [3.8, 4) is 0 Å². The summed E-state index contributed by atoms with van der Waals surface area (Å²) in [5.74, 6) is -0.174. The number of carbonyl (C=O) groups excluding carboxylic acids is 1. The molecule has 0 bridgehead atoms. The van der Waals surface area contributed by atoms with Gasteiger partial charge >= 0.3 is 0 Å². The third kappa shape index (κ3) is 3.24. The van der Waals surface area contributed by atoms with Crippen molar-refractivity contribution in [3.63, 3.8) is 0 Å². The molecule has 0 fully saturated rings. The Kier molecular flexibility index (Phi) is 3.84. The van der Waals surface area contributed by atoms with E-state index in [2.05, 4.69) is 15.3 Å². The van der Waals surface area contributed by atoms with Crippen molar-refractivity contribution >= 4 is 22.6 Å². The molecule has 2 rings (SSSR count). The first-order valence-corrected chi connectivity index (χ1v) is 5.77. The van der Waals surface area contributed by atoms with Crippen LogP contribution in [0.3, 0.4) is 0 Å². The molecule has 5 heteroatoms. The van der Waals surface area contributed by atoms with Gasteiger partial charge in [0.1, 0.15) is 6.61 Å². The number of hydrogen-bond donors (Lipinski definition) is 1. The molecule has 1 aromatic carbocycles. The van der Waals surface area contributed by atoms with E-state index < -0.39 is 0 Å². The highest BCUT2D eigenvalue weighted by atomic mass is 16.5. The molecule has 0 atom stereocenters. The second kappa shape index (κ2) is 5.55. The third-order valence-electron chi connectivity index (χ3n) is 2.30. The van der Waals surface area contributed by atoms with E-state index in [0.29, 0.717) is 5.69 Å². The van der Waals surface area contributed by atoms with E-state index in [1.54, 1.807) is 24.5 Å². The zero-order valence-corrected chi connectivity index (χ0v) is 10.4. The fraction of sp³-hybridized carbons (Fsp3) is 0.308. The second-order valence-electron chi connectivity index (χ2n) is 4.17. The molecule has 0 aliphatic carbocycles. The normalized spacial score (nSPS) is 10.8. The minimum absolute atomic E-state index is 0.0400. The summed E-state index contributed by atoms with van der Waals surface area (Å²) in [7, 11) is 0. The van der Waals surface area contributed by atoms with Gasteiger partial charge in [0.05, 0.1) is 17.1 Å². The van der Waals surface area contributed by atoms with Crippen LogP contribution >= 0.6 is 0 Å². The molecular weight excluding hydrogens is 230 g/mol. The first kappa shape index (κ1) is 12.4. The van der Waals surface area contributed by atoms with Gasteiger partial charge in [0.2, 0.25) is 5.91 Å². The molecule has 1 heterocycles. The van der Waals surface area contributed by atoms with Crippen molar-refractivity contribution in [2.24, 2.45) is 0 Å². The summed E-state index contributed by atoms with van der Waals surface area (Å²) in [6, 6.07) is 5.40. The number of nitrogens with one attached hydrogen (secondary N) is 1. The lowest BCUT2D eigenvalue weighted by Gasteiger charge is -2.08. The van der Waals surface area contributed by atoms with E-state index in [4.69, 9.17) is 4.74 Å². The Morgan fingerprint density at radius 1 is 1.28 bits per heavy atom. The average Bonchev–Trinajstić information content (AvgIpc) is 2.36. The quantitative estimate of drug-likeness (QED) is 0.894. The Morgan fingerprint density at radius 3 is 2.72 bits per heavy atom. The van der Waals surface area contributed by atoms with E-state index in [0.717, 1.165) is 11.0 Å². The van der Waals surface area contributed by atoms with Crippen molar-refractivity contribution in [2.45, 2.75) is 20.0 Å². The molecule has 94 valence electrons. The Morgan fingerprint density at radius 2 is 2.00 bits per heavy atom. The Balaban J connectivity index is 2.05. The average molecular weight is 245 g/mol. The van der Waals surface area contributed by atoms with Gasteiger partial charge in [0.25, 0.3) is 0 Å². The van der Waals surface area contributed by atoms with Crippen LogP contribution in [0.15, 0.2) is 30.6 Å². The number of hydrogen-bond acceptors (Lipinski definition) is 4. The van der Waals surface area contributed by atoms with Gasteiger partial charge in [-0.3, -0.25) is 14.8 Å². The van der Waals surface area contributed by atoms with Gasteiger partial charge in [-0.2, -0.15) is 0 Å². The maximum Gasteiger partial charge on any atom is 0.250 e. The number of benzene rings is 1. The molecule has 0 aliphatic rings. The van der Waals surface area contributed by atoms with Crippen LogP contribution in [-0.2, 0) is 9.53 Å². The largest absolute Gasteiger partial charge is 0.369 e. The van der Waals surface area contributed by atoms with Gasteiger partial charge in [-0.05, 0) is 32.0 Å². The number of anilines is 1. The summed E-state index contributed by atoms with van der Waals surface area (Å²) in [6.07, 6.45) is 3.30. The fourth-order valence-corrected chi connectivity index (χ4v) is 1.48. The maximum atomic E-state index is 11.6. The lowest BCUT2D eigenvalue weighted by atomic mass is 10.2. The van der Waals surface area contributed by atoms with Crippen LogP contribution in [0.1, 0.15) is 13.8 Å². The van der Waals surface area contributed by atoms with E-state index in [9.17, 15) is 4.79 Å². The zero-order valence-electron chi connectivity index (χ0n) is 10.4. The predicted molar refractivity (Wildman–Crippen MR) is 69.3 cm³/mol. The topological polar surface area (TPSA) is 64.1 Å². The molecule has 5 nitrogen and oxygen atoms in total. The first-order chi connectivity index (χ1) is 8.65. The highest BCUT2D eigenvalue weighted by Crippen LogP contribution is 2.14. The summed E-state index contributed by atoms with van der Waals surface area (Å²) in [5, 5.41) is 2.76. The highest BCUT2D eigenvalue weighted by molar-refractivity contribution is 5.93. The molecular formula is C13H15N3O2. The van der Waals surface area contributed by atoms with Gasteiger partial charge in [0.15, 0.2) is 0 Å². The number of fused-ring (bicyclic) bond motifs is 1. The second-order valence-corrected chi connectivity index (χ2v) is 4.17. The standard InChI is InChI=1S/C13H15N3O2/c1-9(2)18-8-13(17)16-10-3-4-11-12(7-10)15-6-5-14-11/h3-7,9H,8H2,1-2H3,(H,16,17). The molecule has 0 saturated heterocycles. The predicted octanol–water partition coefficient (Wildman–Crippen LogP) is 1.99.